The van der Waals surface area contributed by atoms with E-state index in [1.54, 1.807) is 18.2 Å². The van der Waals surface area contributed by atoms with Crippen molar-refractivity contribution >= 4 is 45.9 Å². The van der Waals surface area contributed by atoms with Crippen molar-refractivity contribution in [2.75, 3.05) is 11.9 Å². The lowest BCUT2D eigenvalue weighted by Gasteiger charge is -2.29. The first-order chi connectivity index (χ1) is 16.5. The van der Waals surface area contributed by atoms with Gasteiger partial charge in [-0.2, -0.15) is 4.98 Å². The molecule has 0 bridgehead atoms. The smallest absolute Gasteiger partial charge is 0.324 e. The highest BCUT2D eigenvalue weighted by Crippen LogP contribution is 2.33. The number of para-hydroxylation sites is 1. The number of aromatic amines is 1. The number of hydrogen-bond acceptors (Lipinski definition) is 6. The molecule has 1 aliphatic heterocycles. The SMILES string of the molecule is N=c1c2cnc(Nc3ccc4c(c3)CN(C3CC3)CC4)nc2[nH]c(=O)n1-c1c(Cl)cccc1Cl. The third-order valence-corrected chi connectivity index (χ3v) is 7.03. The first kappa shape index (κ1) is 21.3. The van der Waals surface area contributed by atoms with Gasteiger partial charge in [0.1, 0.15) is 5.49 Å². The molecule has 8 nitrogen and oxygen atoms in total. The topological polar surface area (TPSA) is 103 Å². The Balaban J connectivity index is 1.34. The summed E-state index contributed by atoms with van der Waals surface area (Å²) in [6.45, 7) is 2.09. The van der Waals surface area contributed by atoms with Crippen LogP contribution in [0, 0.1) is 5.41 Å². The Labute approximate surface area is 204 Å². The maximum atomic E-state index is 12.9. The largest absolute Gasteiger partial charge is 0.333 e. The molecule has 1 aliphatic carbocycles. The van der Waals surface area contributed by atoms with E-state index in [1.807, 2.05) is 6.07 Å². The van der Waals surface area contributed by atoms with Gasteiger partial charge in [-0.3, -0.25) is 15.3 Å². The van der Waals surface area contributed by atoms with Crippen LogP contribution in [-0.4, -0.2) is 37.0 Å². The van der Waals surface area contributed by atoms with Crippen molar-refractivity contribution in [1.82, 2.24) is 24.4 Å². The van der Waals surface area contributed by atoms with Gasteiger partial charge in [0.2, 0.25) is 5.95 Å². The van der Waals surface area contributed by atoms with Crippen LogP contribution >= 0.6 is 23.2 Å². The van der Waals surface area contributed by atoms with E-state index < -0.39 is 5.69 Å². The maximum Gasteiger partial charge on any atom is 0.333 e. The van der Waals surface area contributed by atoms with Gasteiger partial charge in [-0.15, -0.1) is 0 Å². The van der Waals surface area contributed by atoms with E-state index in [0.717, 1.165) is 35.8 Å². The second kappa shape index (κ2) is 8.23. The molecule has 2 aromatic carbocycles. The van der Waals surface area contributed by atoms with Crippen LogP contribution in [-0.2, 0) is 13.0 Å². The summed E-state index contributed by atoms with van der Waals surface area (Å²) in [5.74, 6) is 0.339. The molecular formula is C24H21Cl2N7O. The maximum absolute atomic E-state index is 12.9. The van der Waals surface area contributed by atoms with Crippen molar-refractivity contribution in [1.29, 1.82) is 5.41 Å². The Morgan fingerprint density at radius 1 is 1.12 bits per heavy atom. The minimum absolute atomic E-state index is 0.103. The molecule has 0 spiro atoms. The van der Waals surface area contributed by atoms with Crippen LogP contribution in [0.25, 0.3) is 16.7 Å². The zero-order chi connectivity index (χ0) is 23.4. The van der Waals surface area contributed by atoms with Crippen LogP contribution in [0.1, 0.15) is 24.0 Å². The minimum atomic E-state index is -0.564. The van der Waals surface area contributed by atoms with E-state index in [0.29, 0.717) is 11.3 Å². The Morgan fingerprint density at radius 3 is 2.68 bits per heavy atom. The summed E-state index contributed by atoms with van der Waals surface area (Å²) in [5, 5.41) is 12.7. The average molecular weight is 494 g/mol. The van der Waals surface area contributed by atoms with Gasteiger partial charge in [0.15, 0.2) is 5.65 Å². The lowest BCUT2D eigenvalue weighted by molar-refractivity contribution is 0.244. The van der Waals surface area contributed by atoms with Crippen LogP contribution in [0.2, 0.25) is 10.0 Å². The average Bonchev–Trinajstić information content (AvgIpc) is 3.66. The summed E-state index contributed by atoms with van der Waals surface area (Å²) in [6.07, 6.45) is 5.19. The van der Waals surface area contributed by atoms with Crippen molar-refractivity contribution in [2.45, 2.75) is 31.8 Å². The molecular weight excluding hydrogens is 473 g/mol. The summed E-state index contributed by atoms with van der Waals surface area (Å²) in [6, 6.07) is 12.0. The fourth-order valence-electron chi connectivity index (χ4n) is 4.54. The second-order valence-electron chi connectivity index (χ2n) is 8.70. The summed E-state index contributed by atoms with van der Waals surface area (Å²) in [5.41, 5.74) is 3.43. The molecule has 0 amide bonds. The Morgan fingerprint density at radius 2 is 1.91 bits per heavy atom. The summed E-state index contributed by atoms with van der Waals surface area (Å²) in [4.78, 5) is 27.0. The predicted octanol–water partition coefficient (Wildman–Crippen LogP) is 4.16. The molecule has 0 saturated heterocycles. The molecule has 2 aromatic heterocycles. The van der Waals surface area contributed by atoms with Gasteiger partial charge in [-0.25, -0.2) is 14.3 Å². The number of H-pyrrole nitrogens is 1. The molecule has 34 heavy (non-hydrogen) atoms. The quantitative estimate of drug-likeness (QED) is 0.396. The predicted molar refractivity (Wildman–Crippen MR) is 132 cm³/mol. The third-order valence-electron chi connectivity index (χ3n) is 6.42. The molecule has 1 fully saturated rings. The van der Waals surface area contributed by atoms with Crippen molar-refractivity contribution in [2.24, 2.45) is 0 Å². The number of hydrogen-bond donors (Lipinski definition) is 3. The summed E-state index contributed by atoms with van der Waals surface area (Å²) < 4.78 is 1.12. The zero-order valence-electron chi connectivity index (χ0n) is 18.1. The first-order valence-electron chi connectivity index (χ1n) is 11.1. The van der Waals surface area contributed by atoms with Crippen molar-refractivity contribution in [3.05, 3.63) is 79.7 Å². The molecule has 2 aliphatic rings. The van der Waals surface area contributed by atoms with E-state index in [2.05, 4.69) is 37.3 Å². The fraction of sp³-hybridized carbons (Fsp3) is 0.250. The van der Waals surface area contributed by atoms with Gasteiger partial charge < -0.3 is 5.32 Å². The highest BCUT2D eigenvalue weighted by Gasteiger charge is 2.31. The summed E-state index contributed by atoms with van der Waals surface area (Å²) in [7, 11) is 0. The van der Waals surface area contributed by atoms with Gasteiger partial charge in [0.05, 0.1) is 21.1 Å². The Bertz CT molecular complexity index is 1540. The molecule has 3 N–H and O–H groups in total. The number of anilines is 2. The molecule has 0 radical (unpaired) electrons. The first-order valence-corrected chi connectivity index (χ1v) is 11.9. The monoisotopic (exact) mass is 493 g/mol. The van der Waals surface area contributed by atoms with Gasteiger partial charge in [-0.05, 0) is 54.7 Å². The molecule has 6 rings (SSSR count). The van der Waals surface area contributed by atoms with Crippen LogP contribution in [0.4, 0.5) is 11.6 Å². The number of aromatic nitrogens is 4. The third kappa shape index (κ3) is 3.77. The van der Waals surface area contributed by atoms with Crippen LogP contribution in [0.5, 0.6) is 0 Å². The number of nitrogens with zero attached hydrogens (tertiary/aromatic N) is 4. The molecule has 3 heterocycles. The number of fused-ring (bicyclic) bond motifs is 2. The normalized spacial score (nSPS) is 15.9. The molecule has 0 atom stereocenters. The van der Waals surface area contributed by atoms with Gasteiger partial charge in [0.25, 0.3) is 0 Å². The standard InChI is InChI=1S/C24H21Cl2N7O/c25-18-2-1-3-19(26)20(18)33-21(27)17-11-28-23(30-22(17)31-24(33)34)29-15-5-4-13-8-9-32(16-6-7-16)12-14(13)10-15/h1-5,10-11,16,27H,6-9,12H2,(H2,28,29,30,31,34). The molecule has 10 heteroatoms. The van der Waals surface area contributed by atoms with Gasteiger partial charge in [-0.1, -0.05) is 35.3 Å². The van der Waals surface area contributed by atoms with E-state index in [1.165, 1.54) is 30.2 Å². The highest BCUT2D eigenvalue weighted by atomic mass is 35.5. The van der Waals surface area contributed by atoms with E-state index in [-0.39, 0.29) is 26.9 Å². The highest BCUT2D eigenvalue weighted by molar-refractivity contribution is 6.37. The number of rotatable bonds is 4. The van der Waals surface area contributed by atoms with Crippen LogP contribution in [0.15, 0.2) is 47.4 Å². The van der Waals surface area contributed by atoms with E-state index in [9.17, 15) is 4.79 Å². The minimum Gasteiger partial charge on any atom is -0.324 e. The van der Waals surface area contributed by atoms with Crippen LogP contribution < -0.4 is 16.5 Å². The molecule has 4 aromatic rings. The Kier molecular flexibility index (Phi) is 5.17. The lowest BCUT2D eigenvalue weighted by Crippen LogP contribution is -2.34. The lowest BCUT2D eigenvalue weighted by atomic mass is 9.99. The number of benzene rings is 2. The molecule has 172 valence electrons. The fourth-order valence-corrected chi connectivity index (χ4v) is 5.11. The second-order valence-corrected chi connectivity index (χ2v) is 9.51. The van der Waals surface area contributed by atoms with Gasteiger partial charge in [0, 0.05) is 31.0 Å². The molecule has 1 saturated carbocycles. The Hall–Kier alpha value is -3.20. The van der Waals surface area contributed by atoms with Gasteiger partial charge >= 0.3 is 5.69 Å². The molecule has 0 unspecified atom stereocenters. The van der Waals surface area contributed by atoms with E-state index >= 15 is 0 Å². The van der Waals surface area contributed by atoms with E-state index in [4.69, 9.17) is 28.6 Å². The van der Waals surface area contributed by atoms with Crippen molar-refractivity contribution in [3.63, 3.8) is 0 Å². The van der Waals surface area contributed by atoms with Crippen molar-refractivity contribution < 1.29 is 0 Å². The zero-order valence-corrected chi connectivity index (χ0v) is 19.6. The van der Waals surface area contributed by atoms with Crippen molar-refractivity contribution in [3.8, 4) is 5.69 Å². The number of nitrogens with one attached hydrogen (secondary N) is 3. The number of halogens is 2. The summed E-state index contributed by atoms with van der Waals surface area (Å²) >= 11 is 12.5. The van der Waals surface area contributed by atoms with Crippen LogP contribution in [0.3, 0.4) is 0 Å².